The largest absolute Gasteiger partial charge is 0.407 e. The van der Waals surface area contributed by atoms with Crippen LogP contribution in [-0.4, -0.2) is 86.4 Å². The molecule has 216 valence electrons. The van der Waals surface area contributed by atoms with E-state index < -0.39 is 68.1 Å². The molecule has 0 radical (unpaired) electrons. The van der Waals surface area contributed by atoms with Crippen LogP contribution in [0, 0.1) is 0 Å². The Balaban J connectivity index is 2.01. The fraction of sp³-hybridized carbons (Fsp3) is 0.963. The lowest BCUT2D eigenvalue weighted by Gasteiger charge is -2.49. The maximum Gasteiger partial charge on any atom is 0.201 e. The summed E-state index contributed by atoms with van der Waals surface area (Å²) in [5.74, 6) is -3.21. The smallest absolute Gasteiger partial charge is 0.201 e. The molecule has 1 N–H and O–H groups in total. The third kappa shape index (κ3) is 6.49. The number of rotatable bonds is 9. The Morgan fingerprint density at radius 2 is 1.16 bits per heavy atom. The molecule has 9 nitrogen and oxygen atoms in total. The van der Waals surface area contributed by atoms with Crippen molar-refractivity contribution in [2.24, 2.45) is 0 Å². The van der Waals surface area contributed by atoms with Gasteiger partial charge in [0.1, 0.15) is 30.5 Å². The van der Waals surface area contributed by atoms with Crippen LogP contribution in [0.2, 0.25) is 16.6 Å². The fourth-order valence-corrected chi connectivity index (χ4v) is 11.9. The summed E-state index contributed by atoms with van der Waals surface area (Å²) in [6, 6.07) is 0. The van der Waals surface area contributed by atoms with E-state index in [1.54, 1.807) is 27.7 Å². The summed E-state index contributed by atoms with van der Waals surface area (Å²) in [7, 11) is -2.47. The number of carbonyl (C=O) groups is 1. The quantitative estimate of drug-likeness (QED) is 0.424. The maximum absolute atomic E-state index is 14.1. The lowest BCUT2D eigenvalue weighted by molar-refractivity contribution is -0.309. The molecular formula is C27H50O9Si. The van der Waals surface area contributed by atoms with Gasteiger partial charge in [0.2, 0.25) is 8.32 Å². The third-order valence-electron chi connectivity index (χ3n) is 7.85. The van der Waals surface area contributed by atoms with Gasteiger partial charge in [-0.3, -0.25) is 4.79 Å². The van der Waals surface area contributed by atoms with Crippen LogP contribution in [0.15, 0.2) is 0 Å². The van der Waals surface area contributed by atoms with Gasteiger partial charge in [-0.25, -0.2) is 0 Å². The zero-order valence-electron chi connectivity index (χ0n) is 24.8. The topological polar surface area (TPSA) is 102 Å². The number of aliphatic hydroxyl groups excluding tert-OH is 1. The van der Waals surface area contributed by atoms with E-state index in [1.165, 1.54) is 0 Å². The average Bonchev–Trinajstić information content (AvgIpc) is 3.30. The maximum atomic E-state index is 14.1. The van der Waals surface area contributed by atoms with Crippen LogP contribution in [0.4, 0.5) is 0 Å². The Kier molecular flexibility index (Phi) is 9.12. The monoisotopic (exact) mass is 546 g/mol. The van der Waals surface area contributed by atoms with E-state index in [2.05, 4.69) is 41.5 Å². The number of aliphatic hydroxyl groups is 1. The van der Waals surface area contributed by atoms with Crippen LogP contribution in [0.1, 0.15) is 83.1 Å². The molecule has 3 fully saturated rings. The summed E-state index contributed by atoms with van der Waals surface area (Å²) in [4.78, 5) is 14.1. The number of hydrogen-bond acceptors (Lipinski definition) is 9. The Bertz CT molecular complexity index is 788. The molecule has 3 aliphatic rings. The van der Waals surface area contributed by atoms with Crippen LogP contribution in [0.25, 0.3) is 0 Å². The van der Waals surface area contributed by atoms with Gasteiger partial charge in [-0.2, -0.15) is 0 Å². The van der Waals surface area contributed by atoms with Crippen LogP contribution in [0.3, 0.4) is 0 Å². The third-order valence-corrected chi connectivity index (χ3v) is 13.9. The van der Waals surface area contributed by atoms with E-state index in [9.17, 15) is 9.90 Å². The number of Topliss-reactive ketones (excluding diaryl/α,β-unsaturated/α-hetero) is 1. The number of carbonyl (C=O) groups excluding carboxylic acids is 1. The second-order valence-electron chi connectivity index (χ2n) is 13.0. The summed E-state index contributed by atoms with van der Waals surface area (Å²) in [5.41, 5.74) is 0.836. The van der Waals surface area contributed by atoms with Gasteiger partial charge in [0.05, 0.1) is 13.2 Å². The molecule has 37 heavy (non-hydrogen) atoms. The summed E-state index contributed by atoms with van der Waals surface area (Å²) < 4.78 is 43.2. The van der Waals surface area contributed by atoms with E-state index in [0.717, 1.165) is 0 Å². The van der Waals surface area contributed by atoms with E-state index in [4.69, 9.17) is 32.8 Å². The van der Waals surface area contributed by atoms with E-state index in [1.807, 2.05) is 13.8 Å². The van der Waals surface area contributed by atoms with Crippen LogP contribution in [-0.2, 0) is 37.6 Å². The van der Waals surface area contributed by atoms with Gasteiger partial charge in [-0.1, -0.05) is 41.5 Å². The highest BCUT2D eigenvalue weighted by Gasteiger charge is 2.57. The molecule has 0 aromatic rings. The number of ether oxygens (including phenoxy) is 6. The molecule has 0 aliphatic carbocycles. The van der Waals surface area contributed by atoms with Crippen LogP contribution >= 0.6 is 0 Å². The van der Waals surface area contributed by atoms with Crippen molar-refractivity contribution >= 4 is 14.1 Å². The van der Waals surface area contributed by atoms with Crippen molar-refractivity contribution < 1.29 is 42.7 Å². The predicted octanol–water partition coefficient (Wildman–Crippen LogP) is 4.30. The first kappa shape index (κ1) is 31.1. The van der Waals surface area contributed by atoms with Crippen molar-refractivity contribution in [2.45, 2.75) is 154 Å². The normalized spacial score (nSPS) is 33.5. The highest BCUT2D eigenvalue weighted by atomic mass is 28.4. The van der Waals surface area contributed by atoms with Crippen molar-refractivity contribution in [3.05, 3.63) is 0 Å². The minimum absolute atomic E-state index is 0.158. The molecule has 10 heteroatoms. The first-order valence-electron chi connectivity index (χ1n) is 13.7. The van der Waals surface area contributed by atoms with Crippen molar-refractivity contribution in [2.75, 3.05) is 13.2 Å². The van der Waals surface area contributed by atoms with Gasteiger partial charge >= 0.3 is 0 Å². The lowest BCUT2D eigenvalue weighted by Crippen LogP contribution is -2.65. The summed E-state index contributed by atoms with van der Waals surface area (Å²) in [6.45, 7) is 24.3. The van der Waals surface area contributed by atoms with Gasteiger partial charge in [0.15, 0.2) is 29.2 Å². The molecule has 0 spiro atoms. The first-order valence-corrected chi connectivity index (χ1v) is 15.8. The minimum atomic E-state index is -2.47. The molecule has 0 saturated carbocycles. The average molecular weight is 547 g/mol. The lowest BCUT2D eigenvalue weighted by atomic mass is 9.93. The molecule has 6 atom stereocenters. The summed E-state index contributed by atoms with van der Waals surface area (Å²) >= 11 is 0. The van der Waals surface area contributed by atoms with E-state index in [0.29, 0.717) is 0 Å². The van der Waals surface area contributed by atoms with Crippen molar-refractivity contribution in [1.29, 1.82) is 0 Å². The van der Waals surface area contributed by atoms with Gasteiger partial charge in [0, 0.05) is 0 Å². The molecule has 3 rings (SSSR count). The molecule has 3 heterocycles. The molecule has 0 amide bonds. The van der Waals surface area contributed by atoms with Gasteiger partial charge in [-0.05, 0) is 58.2 Å². The van der Waals surface area contributed by atoms with E-state index >= 15 is 0 Å². The van der Waals surface area contributed by atoms with Crippen molar-refractivity contribution in [1.82, 2.24) is 0 Å². The molecule has 0 aromatic carbocycles. The van der Waals surface area contributed by atoms with Crippen molar-refractivity contribution in [3.8, 4) is 0 Å². The van der Waals surface area contributed by atoms with Crippen LogP contribution < -0.4 is 0 Å². The van der Waals surface area contributed by atoms with Crippen LogP contribution in [0.5, 0.6) is 0 Å². The predicted molar refractivity (Wildman–Crippen MR) is 141 cm³/mol. The SMILES string of the molecule is CC(C)[Si](O[C@H]([C@@H]1OC(C)(C)O[C@H]([C@H](O)[C@H]2COC(C)(C)O2)C1=O)[C@H]1COC(C)(C)O1)(C(C)C)C(C)C. The highest BCUT2D eigenvalue weighted by molar-refractivity contribution is 6.77. The first-order chi connectivity index (χ1) is 16.8. The molecule has 0 aromatic heterocycles. The molecule has 3 aliphatic heterocycles. The molecular weight excluding hydrogens is 496 g/mol. The zero-order valence-corrected chi connectivity index (χ0v) is 25.8. The second kappa shape index (κ2) is 10.9. The zero-order chi connectivity index (χ0) is 28.1. The Morgan fingerprint density at radius 1 is 0.730 bits per heavy atom. The Morgan fingerprint density at radius 3 is 1.57 bits per heavy atom. The van der Waals surface area contributed by atoms with Gasteiger partial charge in [0.25, 0.3) is 0 Å². The van der Waals surface area contributed by atoms with Gasteiger partial charge in [-0.15, -0.1) is 0 Å². The molecule has 0 unspecified atom stereocenters. The molecule has 0 bridgehead atoms. The van der Waals surface area contributed by atoms with Crippen molar-refractivity contribution in [3.63, 3.8) is 0 Å². The molecule has 3 saturated heterocycles. The fourth-order valence-electron chi connectivity index (χ4n) is 6.32. The Labute approximate surface area is 223 Å². The summed E-state index contributed by atoms with van der Waals surface area (Å²) in [6.07, 6.45) is -5.40. The Hall–Kier alpha value is -0.433. The minimum Gasteiger partial charge on any atom is -0.407 e. The highest BCUT2D eigenvalue weighted by Crippen LogP contribution is 2.46. The second-order valence-corrected chi connectivity index (χ2v) is 18.4. The number of ketones is 1. The van der Waals surface area contributed by atoms with Gasteiger partial charge < -0.3 is 38.0 Å². The standard InChI is InChI=1S/C27H50O9Si/c1-15(2)37(16(3)4,17(5)6)36-22(19-14-31-26(9,10)33-19)24-21(29)23(34-27(11,12)35-24)20(28)18-13-30-25(7,8)32-18/h15-20,22-24,28H,13-14H2,1-12H3/t18-,19-,20-,22+,23-,24-/m1/s1. The van der Waals surface area contributed by atoms with E-state index in [-0.39, 0.29) is 29.8 Å². The number of hydrogen-bond donors (Lipinski definition) is 1. The summed E-state index contributed by atoms with van der Waals surface area (Å²) in [5, 5.41) is 11.3.